The van der Waals surface area contributed by atoms with E-state index < -0.39 is 11.0 Å². The lowest BCUT2D eigenvalue weighted by Gasteiger charge is -2.21. The summed E-state index contributed by atoms with van der Waals surface area (Å²) in [5, 5.41) is 27.1. The second-order valence-electron chi connectivity index (χ2n) is 5.29. The molecule has 0 spiro atoms. The van der Waals surface area contributed by atoms with E-state index in [9.17, 15) is 0 Å². The smallest absolute Gasteiger partial charge is 0.146 e. The second-order valence-corrected chi connectivity index (χ2v) is 5.29. The highest BCUT2D eigenvalue weighted by atomic mass is 17.1. The van der Waals surface area contributed by atoms with E-state index in [4.69, 9.17) is 15.6 Å². The van der Waals surface area contributed by atoms with E-state index in [1.54, 1.807) is 0 Å². The highest BCUT2D eigenvalue weighted by molar-refractivity contribution is 4.53. The average Bonchev–Trinajstić information content (AvgIpc) is 2.30. The van der Waals surface area contributed by atoms with Crippen molar-refractivity contribution in [3.05, 3.63) is 0 Å². The van der Waals surface area contributed by atoms with E-state index in [-0.39, 0.29) is 0 Å². The molecule has 3 N–H and O–H groups in total. The molecular formula is C14H32NO3+. The summed E-state index contributed by atoms with van der Waals surface area (Å²) in [6.07, 6.45) is 12.4. The van der Waals surface area contributed by atoms with Crippen molar-refractivity contribution in [3.8, 4) is 0 Å². The van der Waals surface area contributed by atoms with Gasteiger partial charge in [-0.15, -0.1) is 15.6 Å². The Morgan fingerprint density at radius 3 is 1.56 bits per heavy atom. The molecule has 110 valence electrons. The van der Waals surface area contributed by atoms with Gasteiger partial charge in [0, 0.05) is 12.8 Å². The van der Waals surface area contributed by atoms with Gasteiger partial charge in [0.1, 0.15) is 0 Å². The second kappa shape index (κ2) is 10.7. The molecule has 0 radical (unpaired) electrons. The average molecular weight is 262 g/mol. The van der Waals surface area contributed by atoms with Crippen LogP contribution >= 0.6 is 0 Å². The van der Waals surface area contributed by atoms with Gasteiger partial charge in [0.2, 0.25) is 0 Å². The van der Waals surface area contributed by atoms with Crippen molar-refractivity contribution < 1.29 is 20.6 Å². The first-order valence-corrected chi connectivity index (χ1v) is 7.59. The molecule has 4 heteroatoms. The summed E-state index contributed by atoms with van der Waals surface area (Å²) in [6, 6.07) is -0.477. The van der Waals surface area contributed by atoms with Gasteiger partial charge < -0.3 is 0 Å². The summed E-state index contributed by atoms with van der Waals surface area (Å²) in [4.78, 5) is -1.87. The molecule has 0 aliphatic rings. The molecule has 0 aliphatic carbocycles. The Bertz CT molecular complexity index is 180. The standard InChI is InChI=1S/C14H32NO3/c1-3-5-6-7-8-9-10-11-12-13-14(4-2)15(16,17)18/h14,16-18H,3-13H2,1-2H3/q+1. The van der Waals surface area contributed by atoms with Gasteiger partial charge in [0.25, 0.3) is 0 Å². The number of quaternary nitrogens is 1. The highest BCUT2D eigenvalue weighted by Gasteiger charge is 2.31. The van der Waals surface area contributed by atoms with Gasteiger partial charge in [-0.1, -0.05) is 65.2 Å². The van der Waals surface area contributed by atoms with E-state index in [1.165, 1.54) is 44.9 Å². The lowest BCUT2D eigenvalue weighted by atomic mass is 10.0. The quantitative estimate of drug-likeness (QED) is 0.272. The number of hydroxylamine groups is 3. The van der Waals surface area contributed by atoms with Crippen LogP contribution in [-0.2, 0) is 0 Å². The molecular weight excluding hydrogens is 230 g/mol. The van der Waals surface area contributed by atoms with Gasteiger partial charge in [-0.25, -0.2) is 0 Å². The molecule has 18 heavy (non-hydrogen) atoms. The van der Waals surface area contributed by atoms with Crippen LogP contribution in [0.25, 0.3) is 0 Å². The maximum atomic E-state index is 9.05. The first-order chi connectivity index (χ1) is 8.52. The van der Waals surface area contributed by atoms with Crippen molar-refractivity contribution in [1.82, 2.24) is 0 Å². The molecule has 4 nitrogen and oxygen atoms in total. The molecule has 0 amide bonds. The van der Waals surface area contributed by atoms with Crippen LogP contribution in [0.5, 0.6) is 0 Å². The minimum atomic E-state index is -1.87. The largest absolute Gasteiger partial charge is 0.186 e. The minimum Gasteiger partial charge on any atom is -0.146 e. The predicted octanol–water partition coefficient (Wildman–Crippen LogP) is 4.67. The maximum absolute atomic E-state index is 9.05. The molecule has 0 aromatic carbocycles. The number of rotatable bonds is 12. The van der Waals surface area contributed by atoms with Crippen LogP contribution in [0.4, 0.5) is 0 Å². The van der Waals surface area contributed by atoms with Crippen LogP contribution in [0, 0.1) is 0 Å². The molecule has 0 bridgehead atoms. The van der Waals surface area contributed by atoms with Crippen LogP contribution in [0.2, 0.25) is 0 Å². The number of nitrogens with zero attached hydrogens (tertiary/aromatic N) is 1. The fraction of sp³-hybridized carbons (Fsp3) is 1.00. The van der Waals surface area contributed by atoms with E-state index in [0.29, 0.717) is 12.8 Å². The van der Waals surface area contributed by atoms with Crippen molar-refractivity contribution in [2.75, 3.05) is 0 Å². The zero-order chi connectivity index (χ0) is 13.9. The van der Waals surface area contributed by atoms with Gasteiger partial charge in [0.05, 0.1) is 4.97 Å². The normalized spacial score (nSPS) is 13.8. The molecule has 0 heterocycles. The number of hydrogen-bond donors (Lipinski definition) is 3. The van der Waals surface area contributed by atoms with Crippen molar-refractivity contribution in [1.29, 1.82) is 0 Å². The summed E-state index contributed by atoms with van der Waals surface area (Å²) >= 11 is 0. The molecule has 1 unspecified atom stereocenters. The molecule has 1 atom stereocenters. The summed E-state index contributed by atoms with van der Waals surface area (Å²) in [5.41, 5.74) is 0. The topological polar surface area (TPSA) is 60.7 Å². The van der Waals surface area contributed by atoms with Crippen LogP contribution in [0.15, 0.2) is 0 Å². The van der Waals surface area contributed by atoms with E-state index in [0.717, 1.165) is 12.8 Å². The fourth-order valence-corrected chi connectivity index (χ4v) is 2.31. The van der Waals surface area contributed by atoms with Crippen molar-refractivity contribution in [2.24, 2.45) is 0 Å². The summed E-state index contributed by atoms with van der Waals surface area (Å²) in [7, 11) is 0. The van der Waals surface area contributed by atoms with Crippen LogP contribution < -0.4 is 0 Å². The van der Waals surface area contributed by atoms with E-state index in [2.05, 4.69) is 6.92 Å². The van der Waals surface area contributed by atoms with Gasteiger partial charge in [-0.3, -0.25) is 0 Å². The van der Waals surface area contributed by atoms with Crippen molar-refractivity contribution in [2.45, 2.75) is 90.5 Å². The predicted molar refractivity (Wildman–Crippen MR) is 71.5 cm³/mol. The van der Waals surface area contributed by atoms with Crippen LogP contribution in [-0.4, -0.2) is 26.6 Å². The maximum Gasteiger partial charge on any atom is 0.186 e. The lowest BCUT2D eigenvalue weighted by Crippen LogP contribution is -2.46. The van der Waals surface area contributed by atoms with E-state index >= 15 is 0 Å². The molecule has 0 saturated heterocycles. The minimum absolute atomic E-state index is 0.477. The number of hydrogen-bond acceptors (Lipinski definition) is 3. The fourth-order valence-electron chi connectivity index (χ4n) is 2.31. The Morgan fingerprint density at radius 1 is 0.722 bits per heavy atom. The highest BCUT2D eigenvalue weighted by Crippen LogP contribution is 2.16. The van der Waals surface area contributed by atoms with Crippen molar-refractivity contribution in [3.63, 3.8) is 0 Å². The Morgan fingerprint density at radius 2 is 1.17 bits per heavy atom. The van der Waals surface area contributed by atoms with Crippen LogP contribution in [0.1, 0.15) is 84.5 Å². The Hall–Kier alpha value is -0.160. The SMILES string of the molecule is CCCCCCCCCCCC(CC)[N+](O)(O)O. The zero-order valence-corrected chi connectivity index (χ0v) is 12.1. The molecule has 0 aromatic heterocycles. The monoisotopic (exact) mass is 262 g/mol. The van der Waals surface area contributed by atoms with Gasteiger partial charge in [-0.2, -0.15) is 0 Å². The van der Waals surface area contributed by atoms with Crippen LogP contribution in [0.3, 0.4) is 0 Å². The molecule has 0 saturated carbocycles. The summed E-state index contributed by atoms with van der Waals surface area (Å²) in [6.45, 7) is 4.08. The zero-order valence-electron chi connectivity index (χ0n) is 12.1. The van der Waals surface area contributed by atoms with Gasteiger partial charge >= 0.3 is 0 Å². The molecule has 0 rings (SSSR count). The third kappa shape index (κ3) is 9.83. The molecule has 0 aromatic rings. The van der Waals surface area contributed by atoms with E-state index in [1.807, 2.05) is 6.92 Å². The lowest BCUT2D eigenvalue weighted by molar-refractivity contribution is -1.38. The molecule has 0 aliphatic heterocycles. The first kappa shape index (κ1) is 17.8. The Kier molecular flexibility index (Phi) is 10.6. The first-order valence-electron chi connectivity index (χ1n) is 7.59. The van der Waals surface area contributed by atoms with Gasteiger partial charge in [0.15, 0.2) is 6.04 Å². The Balaban J connectivity index is 3.34. The van der Waals surface area contributed by atoms with Gasteiger partial charge in [-0.05, 0) is 6.42 Å². The number of unbranched alkanes of at least 4 members (excludes halogenated alkanes) is 8. The third-order valence-electron chi connectivity index (χ3n) is 3.60. The summed E-state index contributed by atoms with van der Waals surface area (Å²) < 4.78 is 0. The third-order valence-corrected chi connectivity index (χ3v) is 3.60. The summed E-state index contributed by atoms with van der Waals surface area (Å²) in [5.74, 6) is 0. The Labute approximate surface area is 112 Å². The van der Waals surface area contributed by atoms with Crippen molar-refractivity contribution >= 4 is 0 Å². The molecule has 0 fully saturated rings.